The molecule has 4 saturated heterocycles. The molecule has 4 rings (SSSR count). The first kappa shape index (κ1) is 48.9. The fourth-order valence-electron chi connectivity index (χ4n) is 2.64. The van der Waals surface area contributed by atoms with Crippen LogP contribution in [0.15, 0.2) is 0 Å². The van der Waals surface area contributed by atoms with Crippen molar-refractivity contribution >= 4 is 120 Å². The van der Waals surface area contributed by atoms with E-state index in [0.29, 0.717) is 107 Å². The summed E-state index contributed by atoms with van der Waals surface area (Å²) in [6.45, 7) is 9.42. The summed E-state index contributed by atoms with van der Waals surface area (Å²) in [7, 11) is -15.5. The molecule has 0 aromatic carbocycles. The van der Waals surface area contributed by atoms with Gasteiger partial charge in [-0.15, -0.1) is 0 Å². The fourth-order valence-corrected chi connectivity index (χ4v) is 18.2. The van der Waals surface area contributed by atoms with E-state index in [9.17, 15) is 37.8 Å². The molecule has 0 bridgehead atoms. The molecular formula is C16H34MoO16P4S8. The van der Waals surface area contributed by atoms with Gasteiger partial charge in [-0.05, 0) is 0 Å². The molecule has 0 amide bonds. The third kappa shape index (κ3) is 30.1. The Hall–Kier alpha value is 3.93. The van der Waals surface area contributed by atoms with E-state index in [4.69, 9.17) is 0 Å². The maximum atomic E-state index is 9.97. The fraction of sp³-hybridized carbons (Fsp3) is 1.00. The van der Waals surface area contributed by atoms with Crippen LogP contribution in [-0.4, -0.2) is 0 Å². The molecule has 4 fully saturated rings. The molecule has 0 radical (unpaired) electrons. The first-order chi connectivity index (χ1) is 21.1. The van der Waals surface area contributed by atoms with Crippen molar-refractivity contribution in [3.63, 3.8) is 0 Å². The second-order valence-electron chi connectivity index (χ2n) is 8.30. The van der Waals surface area contributed by atoms with Crippen molar-refractivity contribution in [3.05, 3.63) is 0 Å². The Labute approximate surface area is 305 Å². The van der Waals surface area contributed by atoms with E-state index in [2.05, 4.69) is 59.5 Å². The molecule has 4 aliphatic rings. The van der Waals surface area contributed by atoms with Crippen LogP contribution in [0.3, 0.4) is 0 Å². The monoisotopic (exact) mass is 960 g/mol. The van der Waals surface area contributed by atoms with Gasteiger partial charge in [0, 0.05) is 0 Å². The molecule has 29 heteroatoms. The number of rotatable bonds is 12. The molecule has 268 valence electrons. The largest absolute Gasteiger partial charge is 0.755 e. The van der Waals surface area contributed by atoms with E-state index in [-0.39, 0.29) is 0 Å². The Kier molecular flexibility index (Phi) is 30.9. The minimum atomic E-state index is -3.87. The van der Waals surface area contributed by atoms with Crippen LogP contribution in [0.2, 0.25) is 9.62 Å². The van der Waals surface area contributed by atoms with E-state index >= 15 is 0 Å². The van der Waals surface area contributed by atoms with Gasteiger partial charge in [0.15, 0.2) is 0 Å². The molecule has 0 aromatic rings. The van der Waals surface area contributed by atoms with Gasteiger partial charge in [-0.2, -0.15) is 0 Å². The van der Waals surface area contributed by atoms with Crippen molar-refractivity contribution in [2.75, 3.05) is 0 Å². The van der Waals surface area contributed by atoms with Crippen LogP contribution in [0.25, 0.3) is 0 Å². The number of unbranched alkanes of at least 4 members (excludes halogenated alkanes) is 2. The molecule has 0 aliphatic carbocycles. The Morgan fingerprint density at radius 1 is 0.489 bits per heavy atom. The third-order valence-electron chi connectivity index (χ3n) is 4.88. The molecular weight excluding hydrogens is 925 g/mol. The van der Waals surface area contributed by atoms with E-state index in [1.165, 1.54) is 51.4 Å². The molecule has 0 N–H and O–H groups in total. The van der Waals surface area contributed by atoms with Crippen LogP contribution in [0.1, 0.15) is 79.1 Å². The zero-order valence-electron chi connectivity index (χ0n) is 24.2. The summed E-state index contributed by atoms with van der Waals surface area (Å²) in [4.78, 5) is 43.1. The maximum Gasteiger partial charge on any atom is 0.292 e. The molecule has 0 saturated carbocycles. The molecule has 2 unspecified atom stereocenters. The Bertz CT molecular complexity index is 799. The predicted molar refractivity (Wildman–Crippen MR) is 176 cm³/mol. The molecule has 0 spiro atoms. The van der Waals surface area contributed by atoms with Gasteiger partial charge >= 0.3 is 119 Å². The molecule has 16 nitrogen and oxygen atoms in total. The smallest absolute Gasteiger partial charge is 0.292 e. The van der Waals surface area contributed by atoms with Gasteiger partial charge in [0.1, 0.15) is 88.6 Å². The van der Waals surface area contributed by atoms with Crippen LogP contribution in [0, 0.1) is 11.8 Å². The average Bonchev–Trinajstić information content (AvgIpc) is 3.78. The van der Waals surface area contributed by atoms with E-state index in [1.807, 2.05) is 0 Å². The van der Waals surface area contributed by atoms with Crippen molar-refractivity contribution in [1.82, 2.24) is 0 Å². The van der Waals surface area contributed by atoms with E-state index in [0.717, 1.165) is 11.8 Å². The van der Waals surface area contributed by atoms with Gasteiger partial charge in [0.2, 0.25) is 0 Å². The predicted octanol–water partition coefficient (Wildman–Crippen LogP) is 9.19. The first-order valence-electron chi connectivity index (χ1n) is 12.8. The number of hydrogen-bond donors (Lipinski definition) is 0. The zero-order chi connectivity index (χ0) is 34.2. The van der Waals surface area contributed by atoms with Crippen LogP contribution in [0.5, 0.6) is 0 Å². The SMILES string of the molecule is CCCCC(CC)[CH2][Mo+4][CH2]C(CC)CCCC.O=P1([O-])OSSO1.O=P1([O-])OSSO1.O=P1([O-])OSSO1.O=P1([O-])OSSO1. The summed E-state index contributed by atoms with van der Waals surface area (Å²) >= 11 is 5.92. The topological polar surface area (TPSA) is 234 Å². The van der Waals surface area contributed by atoms with Gasteiger partial charge in [0.25, 0.3) is 31.3 Å². The third-order valence-corrected chi connectivity index (χ3v) is 21.4. The molecule has 4 aliphatic heterocycles. The quantitative estimate of drug-likeness (QED) is 0.0767. The average molecular weight is 959 g/mol. The van der Waals surface area contributed by atoms with Gasteiger partial charge < -0.3 is 19.6 Å². The summed E-state index contributed by atoms with van der Waals surface area (Å²) in [5.41, 5.74) is 0. The standard InChI is InChI=1S/2C8H17.Mo.4HO4PS2/c2*1-4-6-7-8(3)5-2;;4*1-5(2)3-6-7-4-5/h2*8H,3-7H2,1-2H3;;4*(H,1,2)/q;;+4;;;;/p-4. The van der Waals surface area contributed by atoms with Gasteiger partial charge in [-0.3, -0.25) is 18.3 Å². The minimum Gasteiger partial charge on any atom is -0.755 e. The van der Waals surface area contributed by atoms with E-state index < -0.39 is 31.3 Å². The van der Waals surface area contributed by atoms with Crippen molar-refractivity contribution in [2.24, 2.45) is 11.8 Å². The first-order valence-corrected chi connectivity index (χ1v) is 29.5. The second-order valence-corrected chi connectivity index (χ2v) is 23.6. The molecule has 45 heavy (non-hydrogen) atoms. The molecule has 2 atom stereocenters. The van der Waals surface area contributed by atoms with Gasteiger partial charge in [-0.25, -0.2) is 31.8 Å². The number of hydrogen-bond acceptors (Lipinski definition) is 24. The van der Waals surface area contributed by atoms with Crippen molar-refractivity contribution in [3.8, 4) is 0 Å². The summed E-state index contributed by atoms with van der Waals surface area (Å²) in [6, 6.07) is 0. The zero-order valence-corrected chi connectivity index (χ0v) is 36.3. The number of phosphoric acid groups is 4. The van der Waals surface area contributed by atoms with Crippen LogP contribution < -0.4 is 19.6 Å². The van der Waals surface area contributed by atoms with Gasteiger partial charge in [-0.1, -0.05) is 0 Å². The van der Waals surface area contributed by atoms with Crippen LogP contribution in [0.4, 0.5) is 0 Å². The molecule has 4 heterocycles. The molecule has 0 aromatic heterocycles. The van der Waals surface area contributed by atoms with Crippen molar-refractivity contribution in [2.45, 2.75) is 88.7 Å². The Morgan fingerprint density at radius 2 is 0.711 bits per heavy atom. The van der Waals surface area contributed by atoms with Crippen molar-refractivity contribution in [1.29, 1.82) is 0 Å². The maximum absolute atomic E-state index is 9.97. The summed E-state index contributed by atoms with van der Waals surface area (Å²) in [5, 5.41) is 0. The summed E-state index contributed by atoms with van der Waals surface area (Å²) in [6.07, 6.45) is 11.5. The van der Waals surface area contributed by atoms with Gasteiger partial charge in [0.05, 0.1) is 0 Å². The van der Waals surface area contributed by atoms with Crippen molar-refractivity contribution < 1.29 is 88.2 Å². The van der Waals surface area contributed by atoms with Crippen LogP contribution >= 0.6 is 120 Å². The minimum absolute atomic E-state index is 0.318. The normalized spacial score (nSPS) is 22.9. The van der Waals surface area contributed by atoms with Crippen LogP contribution in [-0.2, 0) is 68.6 Å². The van der Waals surface area contributed by atoms with E-state index in [1.54, 1.807) is 9.62 Å². The second kappa shape index (κ2) is 28.4. The Balaban J connectivity index is 0.000000576. The summed E-state index contributed by atoms with van der Waals surface area (Å²) in [5.74, 6) is 2.14. The summed E-state index contributed by atoms with van der Waals surface area (Å²) < 4.78 is 71.9. The Morgan fingerprint density at radius 3 is 0.844 bits per heavy atom.